The van der Waals surface area contributed by atoms with E-state index >= 15 is 0 Å². The fraction of sp³-hybridized carbons (Fsp3) is 0.261. The molecule has 164 valence electrons. The normalized spacial score (nSPS) is 15.4. The van der Waals surface area contributed by atoms with E-state index in [2.05, 4.69) is 34.0 Å². The number of nitrogens with two attached hydrogens (primary N) is 1. The van der Waals surface area contributed by atoms with Crippen molar-refractivity contribution in [2.45, 2.75) is 6.54 Å². The van der Waals surface area contributed by atoms with E-state index in [0.717, 1.165) is 49.3 Å². The molecule has 7 nitrogen and oxygen atoms in total. The van der Waals surface area contributed by atoms with Crippen molar-refractivity contribution in [2.75, 3.05) is 33.2 Å². The Bertz CT molecular complexity index is 1270. The molecule has 0 unspecified atom stereocenters. The predicted molar refractivity (Wildman–Crippen MR) is 128 cm³/mol. The van der Waals surface area contributed by atoms with Crippen LogP contribution in [0.25, 0.3) is 27.4 Å². The van der Waals surface area contributed by atoms with Crippen LogP contribution in [0.1, 0.15) is 15.2 Å². The number of likely N-dealkylation sites (N-methyl/N-ethyl adjacent to an activating group) is 1. The number of imidazole rings is 1. The molecule has 0 saturated carbocycles. The van der Waals surface area contributed by atoms with Crippen LogP contribution in [0, 0.1) is 0 Å². The smallest absolute Gasteiger partial charge is 0.261 e. The van der Waals surface area contributed by atoms with Crippen molar-refractivity contribution in [2.24, 2.45) is 5.73 Å². The van der Waals surface area contributed by atoms with Crippen LogP contribution in [-0.2, 0) is 6.54 Å². The number of rotatable bonds is 5. The van der Waals surface area contributed by atoms with Crippen LogP contribution in [0.4, 0.5) is 0 Å². The molecule has 0 bridgehead atoms. The molecule has 0 spiro atoms. The Hall–Kier alpha value is -2.78. The van der Waals surface area contributed by atoms with Gasteiger partial charge in [0.2, 0.25) is 0 Å². The number of fused-ring (bicyclic) bond motifs is 1. The van der Waals surface area contributed by atoms with Gasteiger partial charge in [-0.2, -0.15) is 0 Å². The molecule has 4 aromatic rings. The van der Waals surface area contributed by atoms with Crippen molar-refractivity contribution < 1.29 is 4.79 Å². The van der Waals surface area contributed by atoms with E-state index in [0.29, 0.717) is 20.7 Å². The Morgan fingerprint density at radius 2 is 1.88 bits per heavy atom. The number of piperazine rings is 1. The standard InChI is InChI=1S/C23H23ClN6OS/c1-28-8-10-29(11-9-28)13-15-2-7-18-19(12-15)30(14-26-18)23-27-20(21(32-23)22(25)31)16-3-5-17(24)6-4-16/h2-7,12,14H,8-11,13H2,1H3,(H2,25,31). The molecule has 1 aliphatic rings. The summed E-state index contributed by atoms with van der Waals surface area (Å²) < 4.78 is 1.93. The first kappa shape index (κ1) is 21.1. The average Bonchev–Trinajstić information content (AvgIpc) is 3.40. The van der Waals surface area contributed by atoms with Gasteiger partial charge in [0.15, 0.2) is 5.13 Å². The van der Waals surface area contributed by atoms with E-state index in [4.69, 9.17) is 22.3 Å². The zero-order chi connectivity index (χ0) is 22.2. The summed E-state index contributed by atoms with van der Waals surface area (Å²) in [5, 5.41) is 1.28. The first-order chi connectivity index (χ1) is 15.5. The highest BCUT2D eigenvalue weighted by molar-refractivity contribution is 7.16. The van der Waals surface area contributed by atoms with Crippen LogP contribution in [0.2, 0.25) is 5.02 Å². The van der Waals surface area contributed by atoms with Gasteiger partial charge in [-0.25, -0.2) is 9.97 Å². The molecule has 2 N–H and O–H groups in total. The highest BCUT2D eigenvalue weighted by Gasteiger charge is 2.20. The molecule has 0 radical (unpaired) electrons. The Morgan fingerprint density at radius 1 is 1.12 bits per heavy atom. The first-order valence-electron chi connectivity index (χ1n) is 10.4. The lowest BCUT2D eigenvalue weighted by atomic mass is 10.1. The summed E-state index contributed by atoms with van der Waals surface area (Å²) in [5.41, 5.74) is 10.1. The van der Waals surface area contributed by atoms with E-state index < -0.39 is 5.91 Å². The Labute approximate surface area is 195 Å². The second-order valence-corrected chi connectivity index (χ2v) is 9.48. The van der Waals surface area contributed by atoms with Gasteiger partial charge in [0.25, 0.3) is 5.91 Å². The molecule has 5 rings (SSSR count). The minimum atomic E-state index is -0.501. The number of primary amides is 1. The fourth-order valence-corrected chi connectivity index (χ4v) is 5.00. The third-order valence-corrected chi connectivity index (χ3v) is 7.10. The first-order valence-corrected chi connectivity index (χ1v) is 11.6. The van der Waals surface area contributed by atoms with Crippen LogP contribution in [0.5, 0.6) is 0 Å². The van der Waals surface area contributed by atoms with Crippen LogP contribution in [0.3, 0.4) is 0 Å². The van der Waals surface area contributed by atoms with Crippen LogP contribution in [0.15, 0.2) is 48.8 Å². The third kappa shape index (κ3) is 4.14. The Morgan fingerprint density at radius 3 is 2.59 bits per heavy atom. The van der Waals surface area contributed by atoms with Crippen LogP contribution < -0.4 is 5.73 Å². The summed E-state index contributed by atoms with van der Waals surface area (Å²) in [7, 11) is 2.16. The molecule has 0 aliphatic carbocycles. The number of nitrogens with zero attached hydrogens (tertiary/aromatic N) is 5. The van der Waals surface area contributed by atoms with Gasteiger partial charge in [-0.3, -0.25) is 14.3 Å². The van der Waals surface area contributed by atoms with Crippen molar-refractivity contribution >= 4 is 39.9 Å². The SMILES string of the molecule is CN1CCN(Cc2ccc3ncn(-c4nc(-c5ccc(Cl)cc5)c(C(N)=O)s4)c3c2)CC1. The van der Waals surface area contributed by atoms with Gasteiger partial charge in [0.05, 0.1) is 16.7 Å². The molecular weight excluding hydrogens is 444 g/mol. The monoisotopic (exact) mass is 466 g/mol. The summed E-state index contributed by atoms with van der Waals surface area (Å²) in [6.07, 6.45) is 1.75. The lowest BCUT2D eigenvalue weighted by molar-refractivity contribution is 0.100. The van der Waals surface area contributed by atoms with Gasteiger partial charge in [0, 0.05) is 43.3 Å². The maximum atomic E-state index is 12.1. The summed E-state index contributed by atoms with van der Waals surface area (Å²) in [4.78, 5) is 26.7. The molecule has 1 aliphatic heterocycles. The van der Waals surface area contributed by atoms with Gasteiger partial charge in [-0.1, -0.05) is 41.1 Å². The second kappa shape index (κ2) is 8.63. The van der Waals surface area contributed by atoms with E-state index in [1.165, 1.54) is 16.9 Å². The molecule has 0 atom stereocenters. The van der Waals surface area contributed by atoms with Crippen LogP contribution in [-0.4, -0.2) is 63.5 Å². The molecule has 1 saturated heterocycles. The summed E-state index contributed by atoms with van der Waals surface area (Å²) in [5.74, 6) is -0.501. The zero-order valence-electron chi connectivity index (χ0n) is 17.7. The highest BCUT2D eigenvalue weighted by Crippen LogP contribution is 2.32. The molecule has 2 aromatic carbocycles. The van der Waals surface area contributed by atoms with E-state index in [1.807, 2.05) is 22.8 Å². The quantitative estimate of drug-likeness (QED) is 0.485. The number of halogens is 1. The minimum absolute atomic E-state index is 0.415. The maximum absolute atomic E-state index is 12.1. The lowest BCUT2D eigenvalue weighted by Crippen LogP contribution is -2.43. The minimum Gasteiger partial charge on any atom is -0.365 e. The molecule has 1 amide bonds. The van der Waals surface area contributed by atoms with Crippen molar-refractivity contribution in [3.63, 3.8) is 0 Å². The van der Waals surface area contributed by atoms with Crippen LogP contribution >= 0.6 is 22.9 Å². The summed E-state index contributed by atoms with van der Waals surface area (Å²) in [6.45, 7) is 5.19. The molecule has 9 heteroatoms. The van der Waals surface area contributed by atoms with Gasteiger partial charge in [0.1, 0.15) is 11.2 Å². The topological polar surface area (TPSA) is 80.3 Å². The molecule has 3 heterocycles. The van der Waals surface area contributed by atoms with Crippen molar-refractivity contribution in [3.05, 3.63) is 64.3 Å². The number of aromatic nitrogens is 3. The van der Waals surface area contributed by atoms with E-state index in [1.54, 1.807) is 18.5 Å². The van der Waals surface area contributed by atoms with E-state index in [9.17, 15) is 4.79 Å². The van der Waals surface area contributed by atoms with Crippen molar-refractivity contribution in [1.29, 1.82) is 0 Å². The maximum Gasteiger partial charge on any atom is 0.261 e. The molecule has 1 fully saturated rings. The molecular formula is C23H23ClN6OS. The number of carbonyl (C=O) groups excluding carboxylic acids is 1. The fourth-order valence-electron chi connectivity index (χ4n) is 3.95. The Kier molecular flexibility index (Phi) is 5.69. The van der Waals surface area contributed by atoms with Gasteiger partial charge in [-0.15, -0.1) is 0 Å². The third-order valence-electron chi connectivity index (χ3n) is 5.78. The number of thiazole rings is 1. The average molecular weight is 467 g/mol. The van der Waals surface area contributed by atoms with Gasteiger partial charge in [-0.05, 0) is 36.9 Å². The van der Waals surface area contributed by atoms with E-state index in [-0.39, 0.29) is 0 Å². The number of hydrogen-bond acceptors (Lipinski definition) is 6. The van der Waals surface area contributed by atoms with Crippen molar-refractivity contribution in [3.8, 4) is 16.4 Å². The number of benzene rings is 2. The number of hydrogen-bond donors (Lipinski definition) is 1. The summed E-state index contributed by atoms with van der Waals surface area (Å²) in [6, 6.07) is 13.6. The molecule has 32 heavy (non-hydrogen) atoms. The number of carbonyl (C=O) groups is 1. The number of amides is 1. The van der Waals surface area contributed by atoms with Gasteiger partial charge >= 0.3 is 0 Å². The highest BCUT2D eigenvalue weighted by atomic mass is 35.5. The zero-order valence-corrected chi connectivity index (χ0v) is 19.2. The largest absolute Gasteiger partial charge is 0.365 e. The predicted octanol–water partition coefficient (Wildman–Crippen LogP) is 3.65. The van der Waals surface area contributed by atoms with Gasteiger partial charge < -0.3 is 10.6 Å². The lowest BCUT2D eigenvalue weighted by Gasteiger charge is -2.32. The second-order valence-electron chi connectivity index (χ2n) is 8.06. The Balaban J connectivity index is 1.51. The van der Waals surface area contributed by atoms with Crippen molar-refractivity contribution in [1.82, 2.24) is 24.3 Å². The molecule has 2 aromatic heterocycles. The summed E-state index contributed by atoms with van der Waals surface area (Å²) >= 11 is 7.29.